The number of nitrogens with one attached hydrogen (secondary N) is 1. The number of rotatable bonds is 6. The third kappa shape index (κ3) is 4.53. The number of benzene rings is 2. The van der Waals surface area contributed by atoms with Gasteiger partial charge in [0.25, 0.3) is 0 Å². The van der Waals surface area contributed by atoms with Crippen LogP contribution in [-0.4, -0.2) is 41.1 Å². The molecule has 1 saturated heterocycles. The maximum atomic E-state index is 15.2. The van der Waals surface area contributed by atoms with Crippen LogP contribution >= 0.6 is 0 Å². The lowest BCUT2D eigenvalue weighted by atomic mass is 9.90. The number of ether oxygens (including phenoxy) is 4. The maximum absolute atomic E-state index is 15.2. The van der Waals surface area contributed by atoms with Gasteiger partial charge in [0.1, 0.15) is 11.9 Å². The van der Waals surface area contributed by atoms with Crippen LogP contribution in [0.15, 0.2) is 36.4 Å². The number of aliphatic hydroxyl groups is 1. The fourth-order valence-electron chi connectivity index (χ4n) is 4.46. The Hall–Kier alpha value is -2.95. The molecule has 1 atom stereocenters. The van der Waals surface area contributed by atoms with Gasteiger partial charge in [-0.15, -0.1) is 8.78 Å². The Morgan fingerprint density at radius 3 is 2.54 bits per heavy atom. The fraction of sp³-hybridized carbons (Fsp3) is 0.440. The van der Waals surface area contributed by atoms with Gasteiger partial charge in [0.15, 0.2) is 17.3 Å². The summed E-state index contributed by atoms with van der Waals surface area (Å²) in [6.07, 6.45) is -3.96. The zero-order chi connectivity index (χ0) is 25.2. The first kappa shape index (κ1) is 23.8. The Balaban J connectivity index is 1.50. The lowest BCUT2D eigenvalue weighted by Gasteiger charge is -2.26. The van der Waals surface area contributed by atoms with Crippen molar-refractivity contribution in [2.75, 3.05) is 18.5 Å². The Bertz CT molecular complexity index is 1290. The minimum atomic E-state index is -3.73. The van der Waals surface area contributed by atoms with E-state index in [1.54, 1.807) is 6.07 Å². The first-order valence-electron chi connectivity index (χ1n) is 11.3. The standard InChI is InChI=1S/C25H27F3N2O5/c1-23(2,13-31)22-8-14-7-18(29-15-5-6-20-21(9-15)35-25(27,28)34-20)17(26)10-19(14)30(22)11-16-12-32-24(3,4)33-16/h5-10,16,29,31H,11-13H2,1-4H3. The predicted octanol–water partition coefficient (Wildman–Crippen LogP) is 5.27. The van der Waals surface area contributed by atoms with Crippen LogP contribution in [0.25, 0.3) is 10.9 Å². The van der Waals surface area contributed by atoms with E-state index in [1.807, 2.05) is 38.3 Å². The number of aromatic nitrogens is 1. The number of hydrogen-bond donors (Lipinski definition) is 2. The molecule has 10 heteroatoms. The molecule has 0 bridgehead atoms. The highest BCUT2D eigenvalue weighted by molar-refractivity contribution is 5.86. The van der Waals surface area contributed by atoms with Crippen LogP contribution in [0.5, 0.6) is 11.5 Å². The van der Waals surface area contributed by atoms with Crippen LogP contribution < -0.4 is 14.8 Å². The second-order valence-electron chi connectivity index (χ2n) is 9.98. The average Bonchev–Trinajstić information content (AvgIpc) is 3.40. The number of aliphatic hydroxyl groups excluding tert-OH is 1. The van der Waals surface area contributed by atoms with Crippen molar-refractivity contribution in [2.45, 2.75) is 57.8 Å². The van der Waals surface area contributed by atoms with E-state index in [1.165, 1.54) is 24.3 Å². The molecule has 0 saturated carbocycles. The van der Waals surface area contributed by atoms with Crippen LogP contribution in [0.1, 0.15) is 33.4 Å². The molecule has 0 amide bonds. The lowest BCUT2D eigenvalue weighted by molar-refractivity contribution is -0.286. The SMILES string of the molecule is CC1(C)OCC(Cn2c(C(C)(C)CO)cc3cc(Nc4ccc5c(c4)OC(F)(F)O5)c(F)cc32)O1. The van der Waals surface area contributed by atoms with E-state index in [2.05, 4.69) is 14.8 Å². The lowest BCUT2D eigenvalue weighted by Crippen LogP contribution is -2.29. The normalized spacial score (nSPS) is 20.5. The molecule has 0 radical (unpaired) electrons. The van der Waals surface area contributed by atoms with Gasteiger partial charge in [0, 0.05) is 34.3 Å². The minimum absolute atomic E-state index is 0.0919. The number of alkyl halides is 2. The third-order valence-electron chi connectivity index (χ3n) is 6.21. The molecule has 1 unspecified atom stereocenters. The molecule has 7 nitrogen and oxygen atoms in total. The average molecular weight is 492 g/mol. The predicted molar refractivity (Wildman–Crippen MR) is 123 cm³/mol. The molecule has 35 heavy (non-hydrogen) atoms. The van der Waals surface area contributed by atoms with Crippen molar-refractivity contribution in [1.82, 2.24) is 4.57 Å². The highest BCUT2D eigenvalue weighted by Crippen LogP contribution is 2.43. The molecule has 2 aliphatic rings. The molecule has 2 aromatic carbocycles. The summed E-state index contributed by atoms with van der Waals surface area (Å²) in [5.74, 6) is -1.46. The number of fused-ring (bicyclic) bond motifs is 2. The van der Waals surface area contributed by atoms with E-state index < -0.39 is 23.3 Å². The van der Waals surface area contributed by atoms with Gasteiger partial charge in [-0.1, -0.05) is 13.8 Å². The van der Waals surface area contributed by atoms with Crippen molar-refractivity contribution in [1.29, 1.82) is 0 Å². The Morgan fingerprint density at radius 2 is 1.86 bits per heavy atom. The Morgan fingerprint density at radius 1 is 1.11 bits per heavy atom. The van der Waals surface area contributed by atoms with Crippen LogP contribution in [0.3, 0.4) is 0 Å². The van der Waals surface area contributed by atoms with E-state index in [9.17, 15) is 13.9 Å². The number of halogens is 3. The molecular weight excluding hydrogens is 465 g/mol. The summed E-state index contributed by atoms with van der Waals surface area (Å²) < 4.78 is 64.4. The van der Waals surface area contributed by atoms with E-state index in [4.69, 9.17) is 9.47 Å². The van der Waals surface area contributed by atoms with Gasteiger partial charge in [-0.3, -0.25) is 0 Å². The van der Waals surface area contributed by atoms with Gasteiger partial charge in [-0.25, -0.2) is 4.39 Å². The van der Waals surface area contributed by atoms with Crippen LogP contribution in [0, 0.1) is 5.82 Å². The van der Waals surface area contributed by atoms with Gasteiger partial charge in [0.05, 0.1) is 31.0 Å². The van der Waals surface area contributed by atoms with Crippen LogP contribution in [0.2, 0.25) is 0 Å². The first-order chi connectivity index (χ1) is 16.4. The molecule has 3 aromatic rings. The largest absolute Gasteiger partial charge is 0.586 e. The van der Waals surface area contributed by atoms with Crippen molar-refractivity contribution in [3.05, 3.63) is 47.9 Å². The van der Waals surface area contributed by atoms with E-state index >= 15 is 4.39 Å². The van der Waals surface area contributed by atoms with Crippen molar-refractivity contribution in [3.63, 3.8) is 0 Å². The fourth-order valence-corrected chi connectivity index (χ4v) is 4.46. The second-order valence-corrected chi connectivity index (χ2v) is 9.98. The summed E-state index contributed by atoms with van der Waals surface area (Å²) >= 11 is 0. The highest BCUT2D eigenvalue weighted by Gasteiger charge is 2.43. The summed E-state index contributed by atoms with van der Waals surface area (Å²) in [5.41, 5.74) is 1.39. The zero-order valence-electron chi connectivity index (χ0n) is 19.8. The van der Waals surface area contributed by atoms with E-state index in [-0.39, 0.29) is 29.9 Å². The molecule has 1 fully saturated rings. The number of hydrogen-bond acceptors (Lipinski definition) is 6. The van der Waals surface area contributed by atoms with Crippen molar-refractivity contribution in [2.24, 2.45) is 0 Å². The quantitative estimate of drug-likeness (QED) is 0.489. The van der Waals surface area contributed by atoms with Crippen molar-refractivity contribution in [3.8, 4) is 11.5 Å². The molecule has 0 spiro atoms. The maximum Gasteiger partial charge on any atom is 0.586 e. The summed E-state index contributed by atoms with van der Waals surface area (Å²) in [7, 11) is 0. The zero-order valence-corrected chi connectivity index (χ0v) is 19.8. The number of nitrogens with zero attached hydrogens (tertiary/aromatic N) is 1. The third-order valence-corrected chi connectivity index (χ3v) is 6.21. The molecule has 1 aromatic heterocycles. The van der Waals surface area contributed by atoms with Gasteiger partial charge in [-0.05, 0) is 38.1 Å². The monoisotopic (exact) mass is 492 g/mol. The van der Waals surface area contributed by atoms with Gasteiger partial charge in [-0.2, -0.15) is 0 Å². The first-order valence-corrected chi connectivity index (χ1v) is 11.3. The molecule has 5 rings (SSSR count). The Kier molecular flexibility index (Phi) is 5.46. The van der Waals surface area contributed by atoms with E-state index in [0.717, 1.165) is 11.1 Å². The minimum Gasteiger partial charge on any atom is -0.395 e. The summed E-state index contributed by atoms with van der Waals surface area (Å²) in [4.78, 5) is 0. The summed E-state index contributed by atoms with van der Waals surface area (Å²) in [5, 5.41) is 13.7. The molecule has 0 aliphatic carbocycles. The summed E-state index contributed by atoms with van der Waals surface area (Å²) in [6.45, 7) is 8.22. The smallest absolute Gasteiger partial charge is 0.395 e. The molecule has 2 N–H and O–H groups in total. The van der Waals surface area contributed by atoms with Crippen LogP contribution in [-0.2, 0) is 21.4 Å². The van der Waals surface area contributed by atoms with Gasteiger partial charge in [0.2, 0.25) is 0 Å². The topological polar surface area (TPSA) is 74.1 Å². The van der Waals surface area contributed by atoms with Crippen molar-refractivity contribution < 1.29 is 37.2 Å². The van der Waals surface area contributed by atoms with E-state index in [0.29, 0.717) is 24.4 Å². The molecular formula is C25H27F3N2O5. The second kappa shape index (κ2) is 8.04. The van der Waals surface area contributed by atoms with Crippen LogP contribution in [0.4, 0.5) is 24.5 Å². The van der Waals surface area contributed by atoms with Gasteiger partial charge >= 0.3 is 6.29 Å². The molecule has 3 heterocycles. The molecule has 188 valence electrons. The molecule has 2 aliphatic heterocycles. The van der Waals surface area contributed by atoms with Crippen molar-refractivity contribution >= 4 is 22.3 Å². The highest BCUT2D eigenvalue weighted by atomic mass is 19.3. The Labute approximate surface area is 200 Å². The summed E-state index contributed by atoms with van der Waals surface area (Å²) in [6, 6.07) is 9.13. The van der Waals surface area contributed by atoms with Gasteiger partial charge < -0.3 is 33.9 Å². The number of anilines is 2.